The molecule has 0 bridgehead atoms. The minimum atomic E-state index is -1.24. The van der Waals surface area contributed by atoms with Crippen molar-refractivity contribution < 1.29 is 19.7 Å². The Morgan fingerprint density at radius 3 is 1.14 bits per heavy atom. The highest BCUT2D eigenvalue weighted by Crippen LogP contribution is 2.29. The Balaban J connectivity index is 2.62. The van der Waals surface area contributed by atoms with Gasteiger partial charge in [0.15, 0.2) is 0 Å². The summed E-state index contributed by atoms with van der Waals surface area (Å²) >= 11 is 0. The van der Waals surface area contributed by atoms with Crippen molar-refractivity contribution in [2.45, 2.75) is 0 Å². The van der Waals surface area contributed by atoms with E-state index in [9.17, 15) is 40.5 Å². The van der Waals surface area contributed by atoms with Gasteiger partial charge in [0.25, 0.3) is 0 Å². The summed E-state index contributed by atoms with van der Waals surface area (Å²) in [7, 11) is 0. The monoisotopic (exact) mass is 312 g/mol. The van der Waals surface area contributed by atoms with Crippen molar-refractivity contribution in [3.63, 3.8) is 0 Å². The van der Waals surface area contributed by atoms with E-state index < -0.39 is 54.6 Å². The van der Waals surface area contributed by atoms with Gasteiger partial charge in [-0.15, -0.1) is 0 Å². The molecule has 0 aliphatic carbocycles. The number of nitrogens with zero attached hydrogens (tertiary/aromatic N) is 8. The molecule has 0 N–H and O–H groups in total. The number of hydrogen-bond acceptors (Lipinski definition) is 10. The van der Waals surface area contributed by atoms with Crippen LogP contribution in [-0.2, 0) is 0 Å². The molecular weight excluding hydrogens is 312 g/mol. The Hall–Kier alpha value is -3.98. The van der Waals surface area contributed by atoms with Crippen LogP contribution < -0.4 is 9.97 Å². The Labute approximate surface area is 116 Å². The molecule has 2 heterocycles. The van der Waals surface area contributed by atoms with Crippen molar-refractivity contribution in [1.82, 2.24) is 19.9 Å². The standard InChI is InChI=1S/C6N8O8/c15-11(16)3-4(12(17)18)8-1(7-3)2-9-5(13(19)20)6(10-2)14(21)22/q-2. The number of rotatable bonds is 5. The number of imidazole rings is 2. The lowest BCUT2D eigenvalue weighted by Crippen LogP contribution is -1.95. The van der Waals surface area contributed by atoms with Crippen LogP contribution in [0.3, 0.4) is 0 Å². The summed E-state index contributed by atoms with van der Waals surface area (Å²) in [5, 5.41) is 42.4. The molecule has 0 radical (unpaired) electrons. The SMILES string of the molecule is O=[N+]([O-])c1nc(-c2nc([N+](=O)[O-])c([N+](=O)[O-])[n-]2)[n-]c1[N+](=O)[O-]. The molecule has 0 aliphatic rings. The van der Waals surface area contributed by atoms with Crippen molar-refractivity contribution in [2.24, 2.45) is 0 Å². The summed E-state index contributed by atoms with van der Waals surface area (Å²) in [6, 6.07) is 0. The third kappa shape index (κ3) is 2.26. The van der Waals surface area contributed by atoms with Gasteiger partial charge in [0.05, 0.1) is 0 Å². The zero-order chi connectivity index (χ0) is 16.6. The van der Waals surface area contributed by atoms with E-state index in [2.05, 4.69) is 19.9 Å². The second kappa shape index (κ2) is 4.85. The molecule has 0 saturated carbocycles. The first-order chi connectivity index (χ1) is 10.2. The van der Waals surface area contributed by atoms with Crippen molar-refractivity contribution in [3.8, 4) is 11.6 Å². The van der Waals surface area contributed by atoms with Crippen LogP contribution in [0.15, 0.2) is 0 Å². The van der Waals surface area contributed by atoms with Gasteiger partial charge < -0.3 is 40.5 Å². The van der Waals surface area contributed by atoms with E-state index in [0.29, 0.717) is 0 Å². The third-order valence-corrected chi connectivity index (χ3v) is 2.14. The Morgan fingerprint density at radius 1 is 0.636 bits per heavy atom. The molecule has 0 fully saturated rings. The molecule has 0 unspecified atom stereocenters. The number of nitro groups is 4. The molecule has 2 rings (SSSR count). The molecule has 0 aliphatic heterocycles. The van der Waals surface area contributed by atoms with Gasteiger partial charge in [-0.1, -0.05) is 0 Å². The highest BCUT2D eigenvalue weighted by molar-refractivity contribution is 5.58. The maximum atomic E-state index is 10.6. The fourth-order valence-electron chi connectivity index (χ4n) is 1.34. The lowest BCUT2D eigenvalue weighted by atomic mass is 10.6. The van der Waals surface area contributed by atoms with Crippen molar-refractivity contribution in [1.29, 1.82) is 0 Å². The molecule has 114 valence electrons. The summed E-state index contributed by atoms with van der Waals surface area (Å²) in [5.74, 6) is -6.58. The lowest BCUT2D eigenvalue weighted by molar-refractivity contribution is -0.427. The van der Waals surface area contributed by atoms with E-state index in [-0.39, 0.29) is 0 Å². The Bertz CT molecular complexity index is 687. The Morgan fingerprint density at radius 2 is 0.955 bits per heavy atom. The van der Waals surface area contributed by atoms with E-state index in [1.807, 2.05) is 0 Å². The molecule has 16 nitrogen and oxygen atoms in total. The van der Waals surface area contributed by atoms with Gasteiger partial charge in [-0.2, -0.15) is 29.8 Å². The molecule has 0 aromatic carbocycles. The summed E-state index contributed by atoms with van der Waals surface area (Å²) in [4.78, 5) is 50.2. The van der Waals surface area contributed by atoms with Crippen molar-refractivity contribution >= 4 is 23.3 Å². The smallest absolute Gasteiger partial charge is 0.308 e. The van der Waals surface area contributed by atoms with Gasteiger partial charge >= 0.3 is 11.6 Å². The quantitative estimate of drug-likeness (QED) is 0.511. The van der Waals surface area contributed by atoms with Gasteiger partial charge in [-0.25, -0.2) is 0 Å². The molecule has 0 saturated heterocycles. The van der Waals surface area contributed by atoms with E-state index in [1.54, 1.807) is 0 Å². The van der Waals surface area contributed by atoms with Crippen LogP contribution in [0, 0.1) is 40.5 Å². The summed E-state index contributed by atoms with van der Waals surface area (Å²) in [6.45, 7) is 0. The zero-order valence-electron chi connectivity index (χ0n) is 9.84. The average molecular weight is 312 g/mol. The van der Waals surface area contributed by atoms with Crippen LogP contribution in [-0.4, -0.2) is 29.7 Å². The molecule has 0 spiro atoms. The van der Waals surface area contributed by atoms with Crippen molar-refractivity contribution in [2.75, 3.05) is 0 Å². The van der Waals surface area contributed by atoms with Crippen LogP contribution in [0.2, 0.25) is 0 Å². The van der Waals surface area contributed by atoms with Crippen molar-refractivity contribution in [3.05, 3.63) is 40.5 Å². The van der Waals surface area contributed by atoms with Crippen LogP contribution in [0.1, 0.15) is 0 Å². The van der Waals surface area contributed by atoms with E-state index in [1.165, 1.54) is 0 Å². The minimum Gasteiger partial charge on any atom is -0.459 e. The first-order valence-corrected chi connectivity index (χ1v) is 4.89. The highest BCUT2D eigenvalue weighted by atomic mass is 16.6. The van der Waals surface area contributed by atoms with Gasteiger partial charge in [-0.3, -0.25) is 0 Å². The maximum Gasteiger partial charge on any atom is 0.308 e. The van der Waals surface area contributed by atoms with E-state index >= 15 is 0 Å². The summed E-state index contributed by atoms with van der Waals surface area (Å²) in [5.41, 5.74) is 0. The molecule has 0 atom stereocenters. The first-order valence-electron chi connectivity index (χ1n) is 4.89. The average Bonchev–Trinajstić information content (AvgIpc) is 3.02. The fourth-order valence-corrected chi connectivity index (χ4v) is 1.34. The second-order valence-corrected chi connectivity index (χ2v) is 3.42. The third-order valence-electron chi connectivity index (χ3n) is 2.14. The molecule has 22 heavy (non-hydrogen) atoms. The molecular formula is C6N8O8-2. The molecule has 2 aromatic rings. The maximum absolute atomic E-state index is 10.6. The number of hydrogen-bond donors (Lipinski definition) is 0. The van der Waals surface area contributed by atoms with Gasteiger partial charge in [0.2, 0.25) is 23.3 Å². The van der Waals surface area contributed by atoms with Gasteiger partial charge in [0.1, 0.15) is 0 Å². The minimum absolute atomic E-state index is 0.811. The van der Waals surface area contributed by atoms with E-state index in [0.717, 1.165) is 0 Å². The summed E-state index contributed by atoms with van der Waals surface area (Å²) in [6.07, 6.45) is 0. The van der Waals surface area contributed by atoms with Gasteiger partial charge in [-0.05, 0) is 9.85 Å². The van der Waals surface area contributed by atoms with Crippen LogP contribution in [0.4, 0.5) is 23.3 Å². The first kappa shape index (κ1) is 14.4. The van der Waals surface area contributed by atoms with Gasteiger partial charge in [0, 0.05) is 0 Å². The zero-order valence-corrected chi connectivity index (χ0v) is 9.84. The predicted molar refractivity (Wildman–Crippen MR) is 60.7 cm³/mol. The van der Waals surface area contributed by atoms with Crippen LogP contribution in [0.25, 0.3) is 11.6 Å². The Kier molecular flexibility index (Phi) is 3.18. The predicted octanol–water partition coefficient (Wildman–Crippen LogP) is -0.309. The highest BCUT2D eigenvalue weighted by Gasteiger charge is 2.25. The molecule has 2 aromatic heterocycles. The number of aromatic nitrogens is 4. The van der Waals surface area contributed by atoms with Crippen LogP contribution in [0.5, 0.6) is 0 Å². The lowest BCUT2D eigenvalue weighted by Gasteiger charge is -2.00. The van der Waals surface area contributed by atoms with Crippen LogP contribution >= 0.6 is 0 Å². The fraction of sp³-hybridized carbons (Fsp3) is 0. The molecule has 0 amide bonds. The topological polar surface area (TPSA) is 227 Å². The molecule has 16 heteroatoms. The largest absolute Gasteiger partial charge is 0.459 e. The van der Waals surface area contributed by atoms with E-state index in [4.69, 9.17) is 0 Å². The normalized spacial score (nSPS) is 10.4. The summed E-state index contributed by atoms with van der Waals surface area (Å²) < 4.78 is 0. The second-order valence-electron chi connectivity index (χ2n) is 3.42.